The Morgan fingerprint density at radius 1 is 1.14 bits per heavy atom. The zero-order chi connectivity index (χ0) is 19.8. The van der Waals surface area contributed by atoms with Gasteiger partial charge in [0.25, 0.3) is 5.91 Å². The van der Waals surface area contributed by atoms with Gasteiger partial charge in [-0.05, 0) is 44.2 Å². The molecule has 1 saturated heterocycles. The van der Waals surface area contributed by atoms with Crippen molar-refractivity contribution in [3.63, 3.8) is 0 Å². The maximum atomic E-state index is 13.3. The van der Waals surface area contributed by atoms with Crippen LogP contribution in [0.25, 0.3) is 0 Å². The number of hydrogen-bond donors (Lipinski definition) is 0. The highest BCUT2D eigenvalue weighted by molar-refractivity contribution is 6.08. The molecule has 6 heteroatoms. The summed E-state index contributed by atoms with van der Waals surface area (Å²) in [5, 5.41) is 0. The first-order valence-corrected chi connectivity index (χ1v) is 9.46. The van der Waals surface area contributed by atoms with Crippen LogP contribution in [0.5, 0.6) is 0 Å². The number of aryl methyl sites for hydroxylation is 1. The van der Waals surface area contributed by atoms with Crippen LogP contribution in [0.1, 0.15) is 51.7 Å². The summed E-state index contributed by atoms with van der Waals surface area (Å²) < 4.78 is 5.49. The number of amides is 1. The van der Waals surface area contributed by atoms with Crippen LogP contribution < -0.4 is 0 Å². The van der Waals surface area contributed by atoms with Gasteiger partial charge in [0.2, 0.25) is 0 Å². The van der Waals surface area contributed by atoms with Crippen LogP contribution >= 0.6 is 0 Å². The molecule has 2 aliphatic rings. The minimum Gasteiger partial charge on any atom is -0.459 e. The second kappa shape index (κ2) is 7.19. The number of Topliss-reactive ketones (excluding diaryl/α,β-unsaturated/α-hetero) is 1. The van der Waals surface area contributed by atoms with Crippen molar-refractivity contribution in [2.45, 2.75) is 45.4 Å². The van der Waals surface area contributed by atoms with E-state index in [0.717, 1.165) is 12.0 Å². The highest BCUT2D eigenvalue weighted by Gasteiger charge is 2.57. The number of nitrogens with zero attached hydrogens (tertiary/aromatic N) is 2. The normalized spacial score (nSPS) is 22.5. The van der Waals surface area contributed by atoms with E-state index in [2.05, 4.69) is 4.98 Å². The summed E-state index contributed by atoms with van der Waals surface area (Å²) in [6.07, 6.45) is 2.95. The summed E-state index contributed by atoms with van der Waals surface area (Å²) in [5.74, 6) is -0.561. The maximum Gasteiger partial charge on any atom is 0.329 e. The fraction of sp³-hybridized carbons (Fsp3) is 0.364. The molecule has 2 fully saturated rings. The molecule has 28 heavy (non-hydrogen) atoms. The van der Waals surface area contributed by atoms with Crippen LogP contribution in [0.3, 0.4) is 0 Å². The molecule has 0 bridgehead atoms. The number of likely N-dealkylation sites (tertiary alicyclic amines) is 1. The molecule has 1 aromatic heterocycles. The fourth-order valence-corrected chi connectivity index (χ4v) is 3.94. The molecule has 1 amide bonds. The standard InChI is InChI=1S/C22H22N2O4/c1-13-8-17(18(11-23-13)14(2)25)21(26)24-19-9-16(19)10-20(24)22(27)28-12-15-6-4-3-5-7-15/h3-8,11,16,19-20H,9-10,12H2,1-2H3/t16-,19-,20-/m1/s1. The lowest BCUT2D eigenvalue weighted by Gasteiger charge is -2.27. The molecular weight excluding hydrogens is 356 g/mol. The third-order valence-electron chi connectivity index (χ3n) is 5.49. The van der Waals surface area contributed by atoms with Crippen LogP contribution in [0.2, 0.25) is 0 Å². The number of piperidine rings is 1. The first-order valence-electron chi connectivity index (χ1n) is 9.46. The topological polar surface area (TPSA) is 76.6 Å². The second-order valence-electron chi connectivity index (χ2n) is 7.55. The van der Waals surface area contributed by atoms with Gasteiger partial charge in [0.1, 0.15) is 12.6 Å². The molecule has 1 saturated carbocycles. The minimum absolute atomic E-state index is 0.0510. The molecule has 2 heterocycles. The molecule has 0 N–H and O–H groups in total. The third kappa shape index (κ3) is 3.42. The number of benzene rings is 1. The van der Waals surface area contributed by atoms with Crippen molar-refractivity contribution in [3.8, 4) is 0 Å². The SMILES string of the molecule is CC(=O)c1cnc(C)cc1C(=O)N1[C@@H](C(=O)OCc2ccccc2)C[C@H]2C[C@H]21. The largest absolute Gasteiger partial charge is 0.459 e. The van der Waals surface area contributed by atoms with Gasteiger partial charge in [-0.15, -0.1) is 0 Å². The number of ether oxygens (including phenoxy) is 1. The van der Waals surface area contributed by atoms with E-state index in [1.165, 1.54) is 13.1 Å². The van der Waals surface area contributed by atoms with Gasteiger partial charge >= 0.3 is 5.97 Å². The Hall–Kier alpha value is -3.02. The second-order valence-corrected chi connectivity index (χ2v) is 7.55. The van der Waals surface area contributed by atoms with Gasteiger partial charge in [0.05, 0.1) is 5.56 Å². The summed E-state index contributed by atoms with van der Waals surface area (Å²) in [5.41, 5.74) is 2.16. The zero-order valence-corrected chi connectivity index (χ0v) is 15.9. The number of carbonyl (C=O) groups excluding carboxylic acids is 3. The highest BCUT2D eigenvalue weighted by atomic mass is 16.5. The Balaban J connectivity index is 1.55. The van der Waals surface area contributed by atoms with E-state index in [-0.39, 0.29) is 35.9 Å². The number of esters is 1. The van der Waals surface area contributed by atoms with E-state index >= 15 is 0 Å². The van der Waals surface area contributed by atoms with Gasteiger partial charge in [-0.2, -0.15) is 0 Å². The first kappa shape index (κ1) is 18.3. The molecule has 6 nitrogen and oxygen atoms in total. The minimum atomic E-state index is -0.603. The quantitative estimate of drug-likeness (QED) is 0.591. The average molecular weight is 378 g/mol. The van der Waals surface area contributed by atoms with Gasteiger partial charge in [-0.3, -0.25) is 14.6 Å². The molecule has 0 unspecified atom stereocenters. The van der Waals surface area contributed by atoms with Crippen LogP contribution in [0, 0.1) is 12.8 Å². The van der Waals surface area contributed by atoms with Crippen LogP contribution in [-0.4, -0.2) is 39.6 Å². The molecule has 1 aliphatic carbocycles. The number of ketones is 1. The number of rotatable bonds is 5. The molecule has 1 aliphatic heterocycles. The van der Waals surface area contributed by atoms with Crippen LogP contribution in [-0.2, 0) is 16.1 Å². The van der Waals surface area contributed by atoms with Gasteiger partial charge in [-0.1, -0.05) is 30.3 Å². The monoisotopic (exact) mass is 378 g/mol. The van der Waals surface area contributed by atoms with Gasteiger partial charge in [-0.25, -0.2) is 4.79 Å². The van der Waals surface area contributed by atoms with Crippen molar-refractivity contribution in [3.05, 3.63) is 65.0 Å². The van der Waals surface area contributed by atoms with Gasteiger partial charge in [0, 0.05) is 23.5 Å². The van der Waals surface area contributed by atoms with E-state index in [4.69, 9.17) is 4.74 Å². The molecule has 0 spiro atoms. The van der Waals surface area contributed by atoms with Gasteiger partial charge < -0.3 is 9.64 Å². The van der Waals surface area contributed by atoms with E-state index in [0.29, 0.717) is 23.6 Å². The number of pyridine rings is 1. The Kier molecular flexibility index (Phi) is 4.71. The molecule has 1 aromatic carbocycles. The maximum absolute atomic E-state index is 13.3. The van der Waals surface area contributed by atoms with Crippen LogP contribution in [0.15, 0.2) is 42.6 Å². The molecule has 2 aromatic rings. The van der Waals surface area contributed by atoms with Crippen molar-refractivity contribution < 1.29 is 19.1 Å². The lowest BCUT2D eigenvalue weighted by atomic mass is 10.0. The van der Waals surface area contributed by atoms with Crippen molar-refractivity contribution in [2.24, 2.45) is 5.92 Å². The summed E-state index contributed by atoms with van der Waals surface area (Å²) in [6.45, 7) is 3.37. The zero-order valence-electron chi connectivity index (χ0n) is 15.9. The Morgan fingerprint density at radius 2 is 1.89 bits per heavy atom. The third-order valence-corrected chi connectivity index (χ3v) is 5.49. The molecular formula is C22H22N2O4. The van der Waals surface area contributed by atoms with E-state index in [1.807, 2.05) is 30.3 Å². The predicted octanol–water partition coefficient (Wildman–Crippen LogP) is 2.94. The Labute approximate surface area is 163 Å². The Morgan fingerprint density at radius 3 is 2.61 bits per heavy atom. The van der Waals surface area contributed by atoms with Crippen molar-refractivity contribution >= 4 is 17.7 Å². The molecule has 3 atom stereocenters. The van der Waals surface area contributed by atoms with Gasteiger partial charge in [0.15, 0.2) is 5.78 Å². The van der Waals surface area contributed by atoms with Crippen molar-refractivity contribution in [1.82, 2.24) is 9.88 Å². The number of carbonyl (C=O) groups is 3. The van der Waals surface area contributed by atoms with E-state index in [1.54, 1.807) is 17.9 Å². The number of fused-ring (bicyclic) bond motifs is 1. The number of hydrogen-bond acceptors (Lipinski definition) is 5. The van der Waals surface area contributed by atoms with Crippen molar-refractivity contribution in [2.75, 3.05) is 0 Å². The summed E-state index contributed by atoms with van der Waals surface area (Å²) in [4.78, 5) is 43.7. The predicted molar refractivity (Wildman–Crippen MR) is 102 cm³/mol. The fourth-order valence-electron chi connectivity index (χ4n) is 3.94. The summed E-state index contributed by atoms with van der Waals surface area (Å²) in [7, 11) is 0. The highest BCUT2D eigenvalue weighted by Crippen LogP contribution is 2.48. The molecule has 144 valence electrons. The first-order chi connectivity index (χ1) is 13.5. The lowest BCUT2D eigenvalue weighted by molar-refractivity contribution is -0.150. The average Bonchev–Trinajstić information content (AvgIpc) is 3.35. The lowest BCUT2D eigenvalue weighted by Crippen LogP contribution is -2.44. The smallest absolute Gasteiger partial charge is 0.329 e. The Bertz CT molecular complexity index is 941. The summed E-state index contributed by atoms with van der Waals surface area (Å²) >= 11 is 0. The van der Waals surface area contributed by atoms with Crippen LogP contribution in [0.4, 0.5) is 0 Å². The number of aromatic nitrogens is 1. The summed E-state index contributed by atoms with van der Waals surface area (Å²) in [6, 6.07) is 10.5. The molecule has 0 radical (unpaired) electrons. The van der Waals surface area contributed by atoms with Crippen molar-refractivity contribution in [1.29, 1.82) is 0 Å². The van der Waals surface area contributed by atoms with E-state index in [9.17, 15) is 14.4 Å². The van der Waals surface area contributed by atoms with E-state index < -0.39 is 6.04 Å². The molecule has 4 rings (SSSR count).